The third-order valence-electron chi connectivity index (χ3n) is 2.99. The molecule has 1 unspecified atom stereocenters. The van der Waals surface area contributed by atoms with Crippen LogP contribution in [-0.4, -0.2) is 41.6 Å². The highest BCUT2D eigenvalue weighted by Gasteiger charge is 2.18. The van der Waals surface area contributed by atoms with Gasteiger partial charge in [-0.1, -0.05) is 51.9 Å². The molecule has 104 valence electrons. The molecule has 0 rings (SSSR count). The quantitative estimate of drug-likeness (QED) is 0.602. The van der Waals surface area contributed by atoms with Crippen molar-refractivity contribution in [2.75, 3.05) is 14.1 Å². The molecule has 0 aliphatic heterocycles. The van der Waals surface area contributed by atoms with Crippen molar-refractivity contribution < 1.29 is 15.4 Å². The summed E-state index contributed by atoms with van der Waals surface area (Å²) >= 11 is 0. The minimum atomic E-state index is -0.698. The maximum Gasteiger partial charge on any atom is 0.320 e. The number of unbranched alkanes of at least 4 members (excludes halogenated alkanes) is 6. The van der Waals surface area contributed by atoms with Gasteiger partial charge in [0, 0.05) is 0 Å². The van der Waals surface area contributed by atoms with Crippen molar-refractivity contribution >= 4 is 5.97 Å². The van der Waals surface area contributed by atoms with E-state index in [1.54, 1.807) is 4.90 Å². The van der Waals surface area contributed by atoms with Crippen LogP contribution in [-0.2, 0) is 4.79 Å². The zero-order valence-electron chi connectivity index (χ0n) is 11.5. The van der Waals surface area contributed by atoms with Crippen molar-refractivity contribution in [2.24, 2.45) is 0 Å². The maximum absolute atomic E-state index is 10.9. The molecule has 0 heterocycles. The molecule has 0 saturated heterocycles. The van der Waals surface area contributed by atoms with Crippen molar-refractivity contribution in [3.8, 4) is 0 Å². The Morgan fingerprint density at radius 3 is 1.94 bits per heavy atom. The summed E-state index contributed by atoms with van der Waals surface area (Å²) in [6.45, 7) is 2.22. The van der Waals surface area contributed by atoms with E-state index in [1.807, 2.05) is 14.1 Å². The van der Waals surface area contributed by atoms with Crippen LogP contribution in [0.1, 0.15) is 58.3 Å². The molecular weight excluding hydrogens is 218 g/mol. The van der Waals surface area contributed by atoms with Crippen LogP contribution in [0.2, 0.25) is 0 Å². The lowest BCUT2D eigenvalue weighted by molar-refractivity contribution is -0.142. The Morgan fingerprint density at radius 2 is 1.53 bits per heavy atom. The molecule has 0 saturated carbocycles. The van der Waals surface area contributed by atoms with Crippen LogP contribution in [0.5, 0.6) is 0 Å². The average Bonchev–Trinajstić information content (AvgIpc) is 2.21. The van der Waals surface area contributed by atoms with Gasteiger partial charge in [0.05, 0.1) is 0 Å². The largest absolute Gasteiger partial charge is 0.480 e. The predicted molar refractivity (Wildman–Crippen MR) is 71.3 cm³/mol. The molecule has 1 atom stereocenters. The summed E-state index contributed by atoms with van der Waals surface area (Å²) in [6, 6.07) is -0.310. The molecule has 0 radical (unpaired) electrons. The molecule has 0 aromatic rings. The molecule has 0 aliphatic rings. The van der Waals surface area contributed by atoms with Gasteiger partial charge < -0.3 is 10.6 Å². The van der Waals surface area contributed by atoms with Gasteiger partial charge in [-0.15, -0.1) is 0 Å². The van der Waals surface area contributed by atoms with Crippen molar-refractivity contribution in [2.45, 2.75) is 64.3 Å². The van der Waals surface area contributed by atoms with Gasteiger partial charge in [-0.25, -0.2) is 0 Å². The summed E-state index contributed by atoms with van der Waals surface area (Å²) in [5.41, 5.74) is 0. The minimum absolute atomic E-state index is 0. The Labute approximate surface area is 105 Å². The van der Waals surface area contributed by atoms with Crippen molar-refractivity contribution in [3.63, 3.8) is 0 Å². The van der Waals surface area contributed by atoms with Gasteiger partial charge in [0.15, 0.2) is 0 Å². The van der Waals surface area contributed by atoms with Gasteiger partial charge >= 0.3 is 5.97 Å². The molecule has 0 fully saturated rings. The number of carbonyl (C=O) groups is 1. The minimum Gasteiger partial charge on any atom is -0.480 e. The summed E-state index contributed by atoms with van der Waals surface area (Å²) in [5.74, 6) is -0.698. The number of rotatable bonds is 10. The zero-order chi connectivity index (χ0) is 12.4. The Morgan fingerprint density at radius 1 is 1.06 bits per heavy atom. The fourth-order valence-electron chi connectivity index (χ4n) is 1.90. The number of nitrogens with zero attached hydrogens (tertiary/aromatic N) is 1. The van der Waals surface area contributed by atoms with Crippen LogP contribution >= 0.6 is 0 Å². The molecule has 0 bridgehead atoms. The summed E-state index contributed by atoms with van der Waals surface area (Å²) in [4.78, 5) is 12.7. The van der Waals surface area contributed by atoms with Gasteiger partial charge in [0.2, 0.25) is 0 Å². The zero-order valence-corrected chi connectivity index (χ0v) is 11.5. The van der Waals surface area contributed by atoms with Crippen LogP contribution in [0.3, 0.4) is 0 Å². The first-order valence-electron chi connectivity index (χ1n) is 6.48. The highest BCUT2D eigenvalue weighted by atomic mass is 16.4. The smallest absolute Gasteiger partial charge is 0.320 e. The fourth-order valence-corrected chi connectivity index (χ4v) is 1.90. The number of carboxylic acids is 1. The molecule has 17 heavy (non-hydrogen) atoms. The molecule has 3 N–H and O–H groups in total. The van der Waals surface area contributed by atoms with Gasteiger partial charge in [-0.05, 0) is 20.5 Å². The van der Waals surface area contributed by atoms with Crippen molar-refractivity contribution in [1.29, 1.82) is 0 Å². The monoisotopic (exact) mass is 247 g/mol. The van der Waals surface area contributed by atoms with Crippen LogP contribution in [0, 0.1) is 0 Å². The first-order chi connectivity index (χ1) is 7.59. The van der Waals surface area contributed by atoms with E-state index in [0.717, 1.165) is 12.8 Å². The highest BCUT2D eigenvalue weighted by molar-refractivity contribution is 5.73. The summed E-state index contributed by atoms with van der Waals surface area (Å²) < 4.78 is 0. The second-order valence-electron chi connectivity index (χ2n) is 4.73. The van der Waals surface area contributed by atoms with Crippen LogP contribution in [0.25, 0.3) is 0 Å². The Bertz CT molecular complexity index is 184. The van der Waals surface area contributed by atoms with Gasteiger partial charge in [-0.2, -0.15) is 0 Å². The van der Waals surface area contributed by atoms with E-state index in [9.17, 15) is 4.79 Å². The number of hydrogen-bond donors (Lipinski definition) is 1. The lowest BCUT2D eigenvalue weighted by Gasteiger charge is -2.19. The SMILES string of the molecule is CCCCCCCCCC(C(=O)O)N(C)C.O. The Hall–Kier alpha value is -0.610. The molecule has 0 aromatic heterocycles. The van der Waals surface area contributed by atoms with Crippen LogP contribution in [0.15, 0.2) is 0 Å². The molecule has 0 amide bonds. The van der Waals surface area contributed by atoms with E-state index in [1.165, 1.54) is 38.5 Å². The van der Waals surface area contributed by atoms with Crippen molar-refractivity contribution in [3.05, 3.63) is 0 Å². The summed E-state index contributed by atoms with van der Waals surface area (Å²) in [5, 5.41) is 8.97. The van der Waals surface area contributed by atoms with E-state index >= 15 is 0 Å². The first-order valence-corrected chi connectivity index (χ1v) is 6.48. The molecule has 4 heteroatoms. The molecule has 0 aromatic carbocycles. The van der Waals surface area contributed by atoms with E-state index in [0.29, 0.717) is 0 Å². The number of aliphatic carboxylic acids is 1. The van der Waals surface area contributed by atoms with E-state index in [-0.39, 0.29) is 11.5 Å². The second kappa shape index (κ2) is 11.9. The lowest BCUT2D eigenvalue weighted by Crippen LogP contribution is -2.35. The molecular formula is C13H29NO3. The lowest BCUT2D eigenvalue weighted by atomic mass is 10.0. The summed E-state index contributed by atoms with van der Waals surface area (Å²) in [7, 11) is 3.67. The number of carboxylic acid groups (broad SMARTS) is 1. The summed E-state index contributed by atoms with van der Waals surface area (Å²) in [6.07, 6.45) is 9.45. The van der Waals surface area contributed by atoms with Gasteiger partial charge in [0.1, 0.15) is 6.04 Å². The Balaban J connectivity index is 0. The van der Waals surface area contributed by atoms with E-state index < -0.39 is 5.97 Å². The third kappa shape index (κ3) is 10.3. The maximum atomic E-state index is 10.9. The molecule has 0 aliphatic carbocycles. The number of likely N-dealkylation sites (N-methyl/N-ethyl adjacent to an activating group) is 1. The fraction of sp³-hybridized carbons (Fsp3) is 0.923. The van der Waals surface area contributed by atoms with Crippen LogP contribution < -0.4 is 0 Å². The van der Waals surface area contributed by atoms with Gasteiger partial charge in [0.25, 0.3) is 0 Å². The van der Waals surface area contributed by atoms with Gasteiger partial charge in [-0.3, -0.25) is 9.69 Å². The number of hydrogen-bond acceptors (Lipinski definition) is 2. The van der Waals surface area contributed by atoms with E-state index in [4.69, 9.17) is 5.11 Å². The molecule has 4 nitrogen and oxygen atoms in total. The van der Waals surface area contributed by atoms with Crippen molar-refractivity contribution in [1.82, 2.24) is 4.90 Å². The highest BCUT2D eigenvalue weighted by Crippen LogP contribution is 2.11. The second-order valence-corrected chi connectivity index (χ2v) is 4.73. The van der Waals surface area contributed by atoms with E-state index in [2.05, 4.69) is 6.92 Å². The van der Waals surface area contributed by atoms with Crippen LogP contribution in [0.4, 0.5) is 0 Å². The third-order valence-corrected chi connectivity index (χ3v) is 2.99. The predicted octanol–water partition coefficient (Wildman–Crippen LogP) is 2.32. The average molecular weight is 247 g/mol. The Kier molecular flexibility index (Phi) is 13.1. The normalized spacial score (nSPS) is 12.2. The molecule has 0 spiro atoms. The topological polar surface area (TPSA) is 72.0 Å². The first kappa shape index (κ1) is 18.7. The standard InChI is InChI=1S/C13H27NO2.H2O/c1-4-5-6-7-8-9-10-11-12(13(15)16)14(2)3;/h12H,4-11H2,1-3H3,(H,15,16);1H2.